The van der Waals surface area contributed by atoms with Crippen LogP contribution in [-0.4, -0.2) is 68.2 Å². The van der Waals surface area contributed by atoms with Crippen LogP contribution in [0.15, 0.2) is 23.3 Å². The minimum absolute atomic E-state index is 0. The van der Waals surface area contributed by atoms with E-state index in [4.69, 9.17) is 11.6 Å². The van der Waals surface area contributed by atoms with Crippen molar-refractivity contribution >= 4 is 47.4 Å². The van der Waals surface area contributed by atoms with Crippen LogP contribution in [0.25, 0.3) is 0 Å². The summed E-state index contributed by atoms with van der Waals surface area (Å²) in [6, 6.07) is 4.12. The average molecular weight is 479 g/mol. The predicted octanol–water partition coefficient (Wildman–Crippen LogP) is 2.19. The van der Waals surface area contributed by atoms with E-state index in [1.807, 2.05) is 19.2 Å². The van der Waals surface area contributed by atoms with Gasteiger partial charge < -0.3 is 20.4 Å². The molecule has 6 nitrogen and oxygen atoms in total. The summed E-state index contributed by atoms with van der Waals surface area (Å²) in [7, 11) is 1.83. The molecule has 2 fully saturated rings. The monoisotopic (exact) mass is 478 g/mol. The van der Waals surface area contributed by atoms with Crippen molar-refractivity contribution in [1.82, 2.24) is 20.5 Å². The Hall–Kier alpha value is -0.800. The molecular weight excluding hydrogens is 451 g/mol. The highest BCUT2D eigenvalue weighted by atomic mass is 127. The van der Waals surface area contributed by atoms with Gasteiger partial charge in [0.25, 0.3) is 0 Å². The number of aliphatic imine (C=N–C) groups is 1. The Balaban J connectivity index is 0.00000225. The number of guanidine groups is 1. The summed E-state index contributed by atoms with van der Waals surface area (Å²) in [5, 5.41) is 7.66. The molecule has 1 aromatic rings. The van der Waals surface area contributed by atoms with Gasteiger partial charge in [0.2, 0.25) is 0 Å². The van der Waals surface area contributed by atoms with Crippen LogP contribution in [-0.2, 0) is 0 Å². The molecule has 2 aliphatic rings. The molecule has 0 spiro atoms. The van der Waals surface area contributed by atoms with Gasteiger partial charge in [-0.3, -0.25) is 4.99 Å². The molecule has 2 saturated heterocycles. The van der Waals surface area contributed by atoms with Crippen LogP contribution < -0.4 is 15.5 Å². The largest absolute Gasteiger partial charge is 0.355 e. The molecule has 0 amide bonds. The van der Waals surface area contributed by atoms with Crippen molar-refractivity contribution in [2.45, 2.75) is 25.3 Å². The van der Waals surface area contributed by atoms with Crippen LogP contribution >= 0.6 is 35.6 Å². The molecule has 3 heterocycles. The third-order valence-electron chi connectivity index (χ3n) is 4.71. The Morgan fingerprint density at radius 1 is 1.36 bits per heavy atom. The zero-order valence-corrected chi connectivity index (χ0v) is 17.8. The Morgan fingerprint density at radius 2 is 2.16 bits per heavy atom. The maximum Gasteiger partial charge on any atom is 0.191 e. The summed E-state index contributed by atoms with van der Waals surface area (Å²) in [6.45, 7) is 6.33. The smallest absolute Gasteiger partial charge is 0.191 e. The lowest BCUT2D eigenvalue weighted by atomic mass is 10.3. The second kappa shape index (κ2) is 10.4. The first kappa shape index (κ1) is 20.5. The SMILES string of the molecule is CN=C(NCCN1CCCC1)NC1CCN(c2ncccc2Cl)C1.I. The number of aromatic nitrogens is 1. The van der Waals surface area contributed by atoms with Crippen molar-refractivity contribution in [3.8, 4) is 0 Å². The van der Waals surface area contributed by atoms with E-state index in [2.05, 4.69) is 30.4 Å². The maximum atomic E-state index is 6.25. The highest BCUT2D eigenvalue weighted by molar-refractivity contribution is 14.0. The molecule has 0 bridgehead atoms. The first-order valence-electron chi connectivity index (χ1n) is 8.81. The van der Waals surface area contributed by atoms with E-state index in [0.29, 0.717) is 11.1 Å². The summed E-state index contributed by atoms with van der Waals surface area (Å²) in [5.74, 6) is 1.76. The number of halogens is 2. The number of hydrogen-bond donors (Lipinski definition) is 2. The molecule has 0 aromatic carbocycles. The molecule has 2 aliphatic heterocycles. The second-order valence-corrected chi connectivity index (χ2v) is 6.84. The van der Waals surface area contributed by atoms with Crippen molar-refractivity contribution in [3.63, 3.8) is 0 Å². The lowest BCUT2D eigenvalue weighted by Crippen LogP contribution is -2.46. The standard InChI is InChI=1S/C17H27ClN6.HI/c1-19-17(21-8-12-23-9-2-3-10-23)22-14-6-11-24(13-14)16-15(18)5-4-7-20-16;/h4-5,7,14H,2-3,6,8-13H2,1H3,(H2,19,21,22);1H. The maximum absolute atomic E-state index is 6.25. The lowest BCUT2D eigenvalue weighted by molar-refractivity contribution is 0.343. The first-order valence-corrected chi connectivity index (χ1v) is 9.19. The Bertz CT molecular complexity index is 564. The number of nitrogens with zero attached hydrogens (tertiary/aromatic N) is 4. The summed E-state index contributed by atoms with van der Waals surface area (Å²) in [5.41, 5.74) is 0. The van der Waals surface area contributed by atoms with Crippen molar-refractivity contribution in [2.75, 3.05) is 51.2 Å². The minimum atomic E-state index is 0. The van der Waals surface area contributed by atoms with Gasteiger partial charge in [-0.25, -0.2) is 4.98 Å². The molecule has 2 N–H and O–H groups in total. The van der Waals surface area contributed by atoms with E-state index in [1.165, 1.54) is 25.9 Å². The molecule has 1 unspecified atom stereocenters. The topological polar surface area (TPSA) is 55.8 Å². The summed E-state index contributed by atoms with van der Waals surface area (Å²) in [6.07, 6.45) is 5.52. The predicted molar refractivity (Wildman–Crippen MR) is 115 cm³/mol. The molecule has 1 aromatic heterocycles. The zero-order chi connectivity index (χ0) is 16.8. The van der Waals surface area contributed by atoms with E-state index in [-0.39, 0.29) is 24.0 Å². The van der Waals surface area contributed by atoms with Gasteiger partial charge in [0.05, 0.1) is 5.02 Å². The highest BCUT2D eigenvalue weighted by Crippen LogP contribution is 2.25. The fourth-order valence-electron chi connectivity index (χ4n) is 3.41. The van der Waals surface area contributed by atoms with Crippen LogP contribution in [0.3, 0.4) is 0 Å². The number of rotatable bonds is 5. The van der Waals surface area contributed by atoms with Gasteiger partial charge in [-0.2, -0.15) is 0 Å². The molecule has 3 rings (SSSR count). The lowest BCUT2D eigenvalue weighted by Gasteiger charge is -2.21. The summed E-state index contributed by atoms with van der Waals surface area (Å²) in [4.78, 5) is 13.5. The fraction of sp³-hybridized carbons (Fsp3) is 0.647. The van der Waals surface area contributed by atoms with Gasteiger partial charge in [0.15, 0.2) is 5.96 Å². The summed E-state index contributed by atoms with van der Waals surface area (Å²) < 4.78 is 0. The van der Waals surface area contributed by atoms with E-state index in [9.17, 15) is 0 Å². The second-order valence-electron chi connectivity index (χ2n) is 6.43. The van der Waals surface area contributed by atoms with Crippen LogP contribution in [0.1, 0.15) is 19.3 Å². The molecule has 140 valence electrons. The quantitative estimate of drug-likeness (QED) is 0.386. The zero-order valence-electron chi connectivity index (χ0n) is 14.7. The van der Waals surface area contributed by atoms with E-state index in [1.54, 1.807) is 6.20 Å². The van der Waals surface area contributed by atoms with Crippen LogP contribution in [0, 0.1) is 0 Å². The number of nitrogens with one attached hydrogen (secondary N) is 2. The normalized spacial score (nSPS) is 21.3. The Kier molecular flexibility index (Phi) is 8.51. The van der Waals surface area contributed by atoms with E-state index >= 15 is 0 Å². The summed E-state index contributed by atoms with van der Waals surface area (Å²) >= 11 is 6.25. The Labute approximate surface area is 172 Å². The van der Waals surface area contributed by atoms with Crippen molar-refractivity contribution in [2.24, 2.45) is 4.99 Å². The van der Waals surface area contributed by atoms with Crippen molar-refractivity contribution in [1.29, 1.82) is 0 Å². The number of hydrogen-bond acceptors (Lipinski definition) is 4. The number of anilines is 1. The molecule has 0 saturated carbocycles. The third-order valence-corrected chi connectivity index (χ3v) is 5.01. The fourth-order valence-corrected chi connectivity index (χ4v) is 3.65. The third kappa shape index (κ3) is 5.86. The molecule has 0 radical (unpaired) electrons. The van der Waals surface area contributed by atoms with Crippen molar-refractivity contribution in [3.05, 3.63) is 23.4 Å². The molecule has 25 heavy (non-hydrogen) atoms. The molecule has 8 heteroatoms. The van der Waals surface area contributed by atoms with E-state index in [0.717, 1.165) is 44.4 Å². The highest BCUT2D eigenvalue weighted by Gasteiger charge is 2.25. The van der Waals surface area contributed by atoms with Crippen LogP contribution in [0.4, 0.5) is 5.82 Å². The van der Waals surface area contributed by atoms with Crippen LogP contribution in [0.2, 0.25) is 5.02 Å². The van der Waals surface area contributed by atoms with Gasteiger partial charge in [-0.15, -0.1) is 24.0 Å². The van der Waals surface area contributed by atoms with Gasteiger partial charge in [-0.1, -0.05) is 11.6 Å². The molecular formula is C17H28ClIN6. The van der Waals surface area contributed by atoms with Gasteiger partial charge in [0, 0.05) is 45.5 Å². The van der Waals surface area contributed by atoms with Crippen molar-refractivity contribution < 1.29 is 0 Å². The van der Waals surface area contributed by atoms with Gasteiger partial charge in [-0.05, 0) is 44.5 Å². The molecule has 1 atom stereocenters. The number of pyridine rings is 1. The first-order chi connectivity index (χ1) is 11.8. The van der Waals surface area contributed by atoms with Gasteiger partial charge in [0.1, 0.15) is 5.82 Å². The average Bonchev–Trinajstić information content (AvgIpc) is 3.26. The van der Waals surface area contributed by atoms with Gasteiger partial charge >= 0.3 is 0 Å². The minimum Gasteiger partial charge on any atom is -0.355 e. The van der Waals surface area contributed by atoms with E-state index < -0.39 is 0 Å². The van der Waals surface area contributed by atoms with Crippen LogP contribution in [0.5, 0.6) is 0 Å². The molecule has 0 aliphatic carbocycles. The number of likely N-dealkylation sites (tertiary alicyclic amines) is 1. The Morgan fingerprint density at radius 3 is 2.88 bits per heavy atom.